The van der Waals surface area contributed by atoms with Crippen LogP contribution in [0, 0.1) is 5.92 Å². The zero-order valence-corrected chi connectivity index (χ0v) is 11.5. The number of aliphatic carboxylic acids is 1. The summed E-state index contributed by atoms with van der Waals surface area (Å²) >= 11 is 0. The Morgan fingerprint density at radius 3 is 2.29 bits per heavy atom. The lowest BCUT2D eigenvalue weighted by Gasteiger charge is -2.17. The maximum absolute atomic E-state index is 11.0. The van der Waals surface area contributed by atoms with Crippen LogP contribution in [0.4, 0.5) is 0 Å². The molecule has 0 rings (SSSR count). The van der Waals surface area contributed by atoms with Crippen molar-refractivity contribution in [1.82, 2.24) is 0 Å². The topological polar surface area (TPSA) is 52.5 Å². The number of hydrogen-bond donors (Lipinski definition) is 0. The van der Waals surface area contributed by atoms with E-state index in [1.807, 2.05) is 6.92 Å². The van der Waals surface area contributed by atoms with Crippen molar-refractivity contribution in [2.75, 3.05) is 6.54 Å². The Labute approximate surface area is 105 Å². The van der Waals surface area contributed by atoms with E-state index in [1.165, 1.54) is 19.3 Å². The third-order valence-electron chi connectivity index (χ3n) is 3.01. The van der Waals surface area contributed by atoms with Crippen LogP contribution in [0.1, 0.15) is 65.7 Å². The van der Waals surface area contributed by atoms with Gasteiger partial charge in [-0.3, -0.25) is 4.99 Å². The Kier molecular flexibility index (Phi) is 9.78. The Morgan fingerprint density at radius 1 is 1.12 bits per heavy atom. The molecule has 0 fully saturated rings. The van der Waals surface area contributed by atoms with Gasteiger partial charge in [0.2, 0.25) is 0 Å². The number of nitrogens with zero attached hydrogens (tertiary/aromatic N) is 1. The number of rotatable bonds is 10. The molecule has 17 heavy (non-hydrogen) atoms. The maximum atomic E-state index is 11.0. The summed E-state index contributed by atoms with van der Waals surface area (Å²) in [5, 5.41) is 11.0. The quantitative estimate of drug-likeness (QED) is 0.435. The molecule has 3 nitrogen and oxygen atoms in total. The lowest BCUT2D eigenvalue weighted by atomic mass is 9.98. The first-order valence-corrected chi connectivity index (χ1v) is 6.85. The summed E-state index contributed by atoms with van der Waals surface area (Å²) in [5.41, 5.74) is 0.731. The van der Waals surface area contributed by atoms with E-state index >= 15 is 0 Å². The summed E-state index contributed by atoms with van der Waals surface area (Å²) < 4.78 is 0. The van der Waals surface area contributed by atoms with Crippen LogP contribution in [0.15, 0.2) is 4.99 Å². The van der Waals surface area contributed by atoms with E-state index in [4.69, 9.17) is 0 Å². The first-order valence-electron chi connectivity index (χ1n) is 6.85. The Bertz CT molecular complexity index is 236. The van der Waals surface area contributed by atoms with Crippen LogP contribution in [0.25, 0.3) is 0 Å². The molecule has 3 heteroatoms. The second-order valence-electron chi connectivity index (χ2n) is 4.60. The van der Waals surface area contributed by atoms with Gasteiger partial charge in [0, 0.05) is 18.2 Å². The highest BCUT2D eigenvalue weighted by Crippen LogP contribution is 2.11. The monoisotopic (exact) mass is 240 g/mol. The van der Waals surface area contributed by atoms with Crippen LogP contribution in [-0.4, -0.2) is 18.2 Å². The van der Waals surface area contributed by atoms with Gasteiger partial charge in [-0.25, -0.2) is 0 Å². The average Bonchev–Trinajstić information content (AvgIpc) is 2.29. The molecule has 0 heterocycles. The van der Waals surface area contributed by atoms with Gasteiger partial charge in [-0.15, -0.1) is 0 Å². The molecule has 0 spiro atoms. The maximum Gasteiger partial charge on any atom is 0.0501 e. The van der Waals surface area contributed by atoms with Crippen LogP contribution >= 0.6 is 0 Å². The van der Waals surface area contributed by atoms with Crippen molar-refractivity contribution < 1.29 is 9.90 Å². The van der Waals surface area contributed by atoms with Crippen molar-refractivity contribution in [3.05, 3.63) is 0 Å². The summed E-state index contributed by atoms with van der Waals surface area (Å²) in [6.07, 6.45) is 7.25. The van der Waals surface area contributed by atoms with Gasteiger partial charge in [-0.05, 0) is 19.8 Å². The molecule has 0 aliphatic rings. The van der Waals surface area contributed by atoms with E-state index in [0.29, 0.717) is 6.42 Å². The molecule has 1 unspecified atom stereocenters. The minimum absolute atomic E-state index is 0.485. The molecule has 1 atom stereocenters. The molecule has 0 aliphatic carbocycles. The van der Waals surface area contributed by atoms with Gasteiger partial charge >= 0.3 is 0 Å². The molecule has 0 aromatic heterocycles. The molecule has 0 amide bonds. The number of carbonyl (C=O) groups is 1. The summed E-state index contributed by atoms with van der Waals surface area (Å²) in [6, 6.07) is 0. The van der Waals surface area contributed by atoms with E-state index in [1.54, 1.807) is 0 Å². The summed E-state index contributed by atoms with van der Waals surface area (Å²) in [6.45, 7) is 6.80. The second kappa shape index (κ2) is 10.3. The molecule has 0 aromatic rings. The number of aliphatic imine (C=N–C) groups is 1. The van der Waals surface area contributed by atoms with E-state index in [2.05, 4.69) is 18.8 Å². The molecule has 0 N–H and O–H groups in total. The highest BCUT2D eigenvalue weighted by Gasteiger charge is 2.12. The molecular formula is C14H26NO2-. The van der Waals surface area contributed by atoms with Crippen molar-refractivity contribution in [3.8, 4) is 0 Å². The van der Waals surface area contributed by atoms with Crippen molar-refractivity contribution in [3.63, 3.8) is 0 Å². The van der Waals surface area contributed by atoms with Crippen LogP contribution in [0.3, 0.4) is 0 Å². The lowest BCUT2D eigenvalue weighted by molar-refractivity contribution is -0.309. The van der Waals surface area contributed by atoms with E-state index in [-0.39, 0.29) is 0 Å². The number of carboxylic acid groups (broad SMARTS) is 1. The molecule has 0 aromatic carbocycles. The van der Waals surface area contributed by atoms with Crippen molar-refractivity contribution in [2.24, 2.45) is 10.9 Å². The largest absolute Gasteiger partial charge is 0.549 e. The van der Waals surface area contributed by atoms with Gasteiger partial charge in [0.25, 0.3) is 0 Å². The first-order chi connectivity index (χ1) is 8.13. The predicted octanol–water partition coefficient (Wildman–Crippen LogP) is 2.58. The Hall–Kier alpha value is -0.860. The van der Waals surface area contributed by atoms with E-state index < -0.39 is 11.9 Å². The molecule has 0 saturated heterocycles. The molecule has 0 aliphatic heterocycles. The first kappa shape index (κ1) is 16.1. The fraction of sp³-hybridized carbons (Fsp3) is 0.857. The van der Waals surface area contributed by atoms with Gasteiger partial charge in [-0.2, -0.15) is 0 Å². The lowest BCUT2D eigenvalue weighted by Crippen LogP contribution is -2.35. The molecule has 100 valence electrons. The second-order valence-corrected chi connectivity index (χ2v) is 4.60. The highest BCUT2D eigenvalue weighted by atomic mass is 16.4. The minimum atomic E-state index is -0.978. The van der Waals surface area contributed by atoms with Crippen LogP contribution in [-0.2, 0) is 4.79 Å². The standard InChI is InChI=1S/C14H27NO2/c1-4-6-8-9-11-15-12(3)13(14(16)17)10-7-5-2/h13H,4-11H2,1-3H3,(H,16,17)/p-1. The van der Waals surface area contributed by atoms with Gasteiger partial charge < -0.3 is 9.90 Å². The van der Waals surface area contributed by atoms with E-state index in [9.17, 15) is 9.90 Å². The SMILES string of the molecule is CCCCCCN=C(C)C(CCCC)C(=O)[O-]. The zero-order valence-electron chi connectivity index (χ0n) is 11.5. The van der Waals surface area contributed by atoms with Crippen LogP contribution in [0.2, 0.25) is 0 Å². The smallest absolute Gasteiger partial charge is 0.0501 e. The fourth-order valence-corrected chi connectivity index (χ4v) is 1.81. The number of carbonyl (C=O) groups excluding carboxylic acids is 1. The summed E-state index contributed by atoms with van der Waals surface area (Å²) in [4.78, 5) is 15.4. The van der Waals surface area contributed by atoms with Crippen molar-refractivity contribution in [1.29, 1.82) is 0 Å². The minimum Gasteiger partial charge on any atom is -0.549 e. The van der Waals surface area contributed by atoms with Crippen molar-refractivity contribution >= 4 is 11.7 Å². The van der Waals surface area contributed by atoms with Gasteiger partial charge in [0.05, 0.1) is 5.97 Å². The van der Waals surface area contributed by atoms with Crippen LogP contribution < -0.4 is 5.11 Å². The average molecular weight is 240 g/mol. The number of hydrogen-bond acceptors (Lipinski definition) is 3. The zero-order chi connectivity index (χ0) is 13.1. The van der Waals surface area contributed by atoms with Gasteiger partial charge in [-0.1, -0.05) is 46.0 Å². The summed E-state index contributed by atoms with van der Waals surface area (Å²) in [5.74, 6) is -1.46. The number of unbranched alkanes of at least 4 members (excludes halogenated alkanes) is 4. The summed E-state index contributed by atoms with van der Waals surface area (Å²) in [7, 11) is 0. The van der Waals surface area contributed by atoms with Gasteiger partial charge in [0.15, 0.2) is 0 Å². The third kappa shape index (κ3) is 7.94. The Balaban J connectivity index is 4.06. The van der Waals surface area contributed by atoms with E-state index in [0.717, 1.165) is 31.5 Å². The fourth-order valence-electron chi connectivity index (χ4n) is 1.81. The van der Waals surface area contributed by atoms with Crippen LogP contribution in [0.5, 0.6) is 0 Å². The molecule has 0 saturated carbocycles. The molecular weight excluding hydrogens is 214 g/mol. The molecule has 0 radical (unpaired) electrons. The highest BCUT2D eigenvalue weighted by molar-refractivity contribution is 5.99. The van der Waals surface area contributed by atoms with Gasteiger partial charge in [0.1, 0.15) is 0 Å². The number of carboxylic acids is 1. The molecule has 0 bridgehead atoms. The Morgan fingerprint density at radius 2 is 1.76 bits per heavy atom. The van der Waals surface area contributed by atoms with Crippen molar-refractivity contribution in [2.45, 2.75) is 65.7 Å². The normalized spacial score (nSPS) is 13.7. The third-order valence-corrected chi connectivity index (χ3v) is 3.01. The predicted molar refractivity (Wildman–Crippen MR) is 70.1 cm³/mol.